The van der Waals surface area contributed by atoms with Gasteiger partial charge in [0.15, 0.2) is 0 Å². The lowest BCUT2D eigenvalue weighted by Gasteiger charge is -2.18. The molecule has 76 valence electrons. The summed E-state index contributed by atoms with van der Waals surface area (Å²) in [5.74, 6) is 0.947. The smallest absolute Gasteiger partial charge is 0.0377 e. The Morgan fingerprint density at radius 1 is 1.00 bits per heavy atom. The molecule has 0 saturated carbocycles. The molecule has 0 spiro atoms. The van der Waals surface area contributed by atoms with Crippen molar-refractivity contribution in [1.29, 1.82) is 0 Å². The fourth-order valence-electron chi connectivity index (χ4n) is 2.94. The maximum Gasteiger partial charge on any atom is 0.0377 e. The van der Waals surface area contributed by atoms with Gasteiger partial charge < -0.3 is 0 Å². The van der Waals surface area contributed by atoms with Crippen molar-refractivity contribution in [2.45, 2.75) is 18.9 Å². The molecule has 0 amide bonds. The van der Waals surface area contributed by atoms with Crippen LogP contribution >= 0.6 is 12.4 Å². The third-order valence-electron chi connectivity index (χ3n) is 3.56. The number of hydrogen-bond donors (Lipinski definition) is 0. The lowest BCUT2D eigenvalue weighted by atomic mass is 9.94. The van der Waals surface area contributed by atoms with Gasteiger partial charge in [-0.25, -0.2) is 0 Å². The Morgan fingerprint density at radius 2 is 1.64 bits per heavy atom. The van der Waals surface area contributed by atoms with E-state index in [-0.39, 0.29) is 12.4 Å². The van der Waals surface area contributed by atoms with Gasteiger partial charge in [0.2, 0.25) is 0 Å². The lowest BCUT2D eigenvalue weighted by Crippen LogP contribution is -2.19. The van der Waals surface area contributed by atoms with Crippen LogP contribution in [0, 0.1) is 5.92 Å². The number of benzene rings is 1. The molecule has 1 atom stereocenters. The van der Waals surface area contributed by atoms with Gasteiger partial charge in [0, 0.05) is 6.04 Å². The molecule has 0 aromatic heterocycles. The van der Waals surface area contributed by atoms with Crippen molar-refractivity contribution in [1.82, 2.24) is 4.90 Å². The third-order valence-corrected chi connectivity index (χ3v) is 3.56. The van der Waals surface area contributed by atoms with E-state index < -0.39 is 0 Å². The first kappa shape index (κ1) is 10.0. The molecule has 2 heteroatoms. The number of fused-ring (bicyclic) bond motifs is 2. The zero-order valence-corrected chi connectivity index (χ0v) is 9.04. The fraction of sp³-hybridized carbons (Fsp3) is 0.500. The van der Waals surface area contributed by atoms with Crippen molar-refractivity contribution in [3.63, 3.8) is 0 Å². The number of hydrogen-bond acceptors (Lipinski definition) is 1. The molecule has 1 aromatic rings. The molecule has 0 radical (unpaired) electrons. The van der Waals surface area contributed by atoms with Crippen LogP contribution in [-0.2, 0) is 0 Å². The summed E-state index contributed by atoms with van der Waals surface area (Å²) in [5, 5.41) is 0. The summed E-state index contributed by atoms with van der Waals surface area (Å²) in [6.45, 7) is 2.65. The van der Waals surface area contributed by atoms with E-state index in [0.717, 1.165) is 12.0 Å². The molecule has 0 aliphatic carbocycles. The first-order valence-electron chi connectivity index (χ1n) is 5.24. The fourth-order valence-corrected chi connectivity index (χ4v) is 2.94. The lowest BCUT2D eigenvalue weighted by molar-refractivity contribution is 0.305. The highest BCUT2D eigenvalue weighted by Gasteiger charge is 2.39. The largest absolute Gasteiger partial charge is 0.296 e. The summed E-state index contributed by atoms with van der Waals surface area (Å²) >= 11 is 0. The van der Waals surface area contributed by atoms with Crippen LogP contribution in [0.2, 0.25) is 0 Å². The van der Waals surface area contributed by atoms with Crippen LogP contribution in [0.25, 0.3) is 0 Å². The Kier molecular flexibility index (Phi) is 2.80. The van der Waals surface area contributed by atoms with Crippen LogP contribution in [0.1, 0.15) is 24.4 Å². The predicted octanol–water partition coefficient (Wildman–Crippen LogP) is 2.88. The van der Waals surface area contributed by atoms with Crippen molar-refractivity contribution in [2.75, 3.05) is 13.1 Å². The van der Waals surface area contributed by atoms with Gasteiger partial charge in [-0.2, -0.15) is 0 Å². The van der Waals surface area contributed by atoms with Crippen LogP contribution in [-0.4, -0.2) is 18.0 Å². The zero-order chi connectivity index (χ0) is 8.67. The molecule has 1 aromatic carbocycles. The van der Waals surface area contributed by atoms with Crippen molar-refractivity contribution in [3.8, 4) is 0 Å². The average Bonchev–Trinajstić information content (AvgIpc) is 2.78. The predicted molar refractivity (Wildman–Crippen MR) is 60.7 cm³/mol. The summed E-state index contributed by atoms with van der Waals surface area (Å²) in [4.78, 5) is 2.64. The Bertz CT molecular complexity index is 278. The number of nitrogens with zero attached hydrogens (tertiary/aromatic N) is 1. The van der Waals surface area contributed by atoms with Crippen molar-refractivity contribution >= 4 is 12.4 Å². The van der Waals surface area contributed by atoms with Crippen LogP contribution in [0.4, 0.5) is 0 Å². The van der Waals surface area contributed by atoms with E-state index in [1.165, 1.54) is 31.5 Å². The minimum Gasteiger partial charge on any atom is -0.296 e. The summed E-state index contributed by atoms with van der Waals surface area (Å²) < 4.78 is 0. The standard InChI is InChI=1S/C12H15N.ClH/c1-2-4-10(5-3-1)12-11-6-8-13(12)9-7-11;/h1-5,11-12H,6-9H2;1H. The van der Waals surface area contributed by atoms with E-state index in [1.807, 2.05) is 0 Å². The van der Waals surface area contributed by atoms with Crippen molar-refractivity contribution in [3.05, 3.63) is 35.9 Å². The molecule has 2 heterocycles. The molecule has 14 heavy (non-hydrogen) atoms. The first-order valence-corrected chi connectivity index (χ1v) is 5.24. The van der Waals surface area contributed by atoms with E-state index in [4.69, 9.17) is 0 Å². The van der Waals surface area contributed by atoms with E-state index in [2.05, 4.69) is 35.2 Å². The van der Waals surface area contributed by atoms with E-state index in [1.54, 1.807) is 0 Å². The van der Waals surface area contributed by atoms with Crippen LogP contribution < -0.4 is 0 Å². The summed E-state index contributed by atoms with van der Waals surface area (Å²) in [5.41, 5.74) is 1.53. The molecular weight excluding hydrogens is 194 g/mol. The molecule has 1 nitrogen and oxygen atoms in total. The van der Waals surface area contributed by atoms with E-state index >= 15 is 0 Å². The van der Waals surface area contributed by atoms with Crippen molar-refractivity contribution < 1.29 is 0 Å². The number of rotatable bonds is 1. The molecule has 2 saturated heterocycles. The second-order valence-electron chi connectivity index (χ2n) is 4.23. The Hall–Kier alpha value is -0.530. The van der Waals surface area contributed by atoms with Gasteiger partial charge in [-0.3, -0.25) is 4.90 Å². The van der Waals surface area contributed by atoms with Gasteiger partial charge in [0.05, 0.1) is 0 Å². The maximum absolute atomic E-state index is 2.64. The molecule has 0 N–H and O–H groups in total. The highest BCUT2D eigenvalue weighted by Crippen LogP contribution is 2.44. The monoisotopic (exact) mass is 209 g/mol. The molecule has 2 fully saturated rings. The van der Waals surface area contributed by atoms with E-state index in [0.29, 0.717) is 0 Å². The second kappa shape index (κ2) is 3.92. The van der Waals surface area contributed by atoms with Crippen molar-refractivity contribution in [2.24, 2.45) is 5.92 Å². The van der Waals surface area contributed by atoms with E-state index in [9.17, 15) is 0 Å². The van der Waals surface area contributed by atoms with Crippen LogP contribution in [0.5, 0.6) is 0 Å². The van der Waals surface area contributed by atoms with Gasteiger partial charge in [-0.15, -0.1) is 12.4 Å². The van der Waals surface area contributed by atoms with Gasteiger partial charge >= 0.3 is 0 Å². The number of halogens is 1. The SMILES string of the molecule is Cl.c1ccc(C2C3CCN2CC3)cc1. The molecular formula is C12H16ClN. The quantitative estimate of drug-likeness (QED) is 0.688. The topological polar surface area (TPSA) is 3.24 Å². The minimum atomic E-state index is 0. The molecule has 3 rings (SSSR count). The average molecular weight is 210 g/mol. The Labute approximate surface area is 91.5 Å². The Morgan fingerprint density at radius 3 is 2.14 bits per heavy atom. The zero-order valence-electron chi connectivity index (χ0n) is 8.23. The summed E-state index contributed by atoms with van der Waals surface area (Å²) in [6, 6.07) is 11.7. The molecule has 2 bridgehead atoms. The van der Waals surface area contributed by atoms with Crippen LogP contribution in [0.15, 0.2) is 30.3 Å². The van der Waals surface area contributed by atoms with Gasteiger partial charge in [0.25, 0.3) is 0 Å². The highest BCUT2D eigenvalue weighted by molar-refractivity contribution is 5.85. The van der Waals surface area contributed by atoms with Crippen LogP contribution in [0.3, 0.4) is 0 Å². The summed E-state index contributed by atoms with van der Waals surface area (Å²) in [6.07, 6.45) is 2.83. The number of piperidine rings is 1. The molecule has 1 unspecified atom stereocenters. The van der Waals surface area contributed by atoms with Gasteiger partial charge in [0.1, 0.15) is 0 Å². The van der Waals surface area contributed by atoms with Gasteiger partial charge in [-0.05, 0) is 37.4 Å². The molecule has 2 aliphatic heterocycles. The van der Waals surface area contributed by atoms with Gasteiger partial charge in [-0.1, -0.05) is 30.3 Å². The normalized spacial score (nSPS) is 34.1. The minimum absolute atomic E-state index is 0. The molecule has 2 aliphatic rings. The third kappa shape index (κ3) is 1.45. The maximum atomic E-state index is 2.64. The Balaban J connectivity index is 0.000000750. The second-order valence-corrected chi connectivity index (χ2v) is 4.23. The first-order chi connectivity index (χ1) is 6.45. The highest BCUT2D eigenvalue weighted by atomic mass is 35.5. The summed E-state index contributed by atoms with van der Waals surface area (Å²) in [7, 11) is 0.